The van der Waals surface area contributed by atoms with Gasteiger partial charge in [0, 0.05) is 13.2 Å². The molecular formula is C48H100NO6P. The Labute approximate surface area is 351 Å². The zero-order valence-electron chi connectivity index (χ0n) is 39.9. The zero-order valence-corrected chi connectivity index (χ0v) is 40.8. The fourth-order valence-corrected chi connectivity index (χ4v) is 8.32. The van der Waals surface area contributed by atoms with Crippen LogP contribution in [0, 0.1) is 47.3 Å². The third kappa shape index (κ3) is 38.2. The number of rotatable bonds is 40. The lowest BCUT2D eigenvalue weighted by molar-refractivity contribution is -0.870. The van der Waals surface area contributed by atoms with Crippen molar-refractivity contribution in [1.82, 2.24) is 0 Å². The summed E-state index contributed by atoms with van der Waals surface area (Å²) >= 11 is 0. The Kier molecular flexibility index (Phi) is 33.7. The summed E-state index contributed by atoms with van der Waals surface area (Å²) in [5.41, 5.74) is 0. The van der Waals surface area contributed by atoms with Crippen LogP contribution in [0.2, 0.25) is 0 Å². The standard InChI is InChI=1S/C48H100NO6P/c1-40(2)20-14-22-42(5)24-16-26-44(7)28-18-30-46(9)32-35-52-38-48(39-55-56(50,51)54-37-34-49(11,12)13)53-36-33-47(10)31-19-29-45(8)27-17-25-43(6)23-15-21-41(3)4/h40-48H,14-39H2,1-13H3/t42-,43-,44-,45?,46-,47-,48+/m1/s1. The van der Waals surface area contributed by atoms with Gasteiger partial charge in [-0.25, -0.2) is 0 Å². The fourth-order valence-electron chi connectivity index (χ4n) is 7.59. The van der Waals surface area contributed by atoms with Crippen LogP contribution in [0.15, 0.2) is 0 Å². The normalized spacial score (nSPS) is 17.5. The lowest BCUT2D eigenvalue weighted by atomic mass is 9.91. The predicted molar refractivity (Wildman–Crippen MR) is 240 cm³/mol. The van der Waals surface area contributed by atoms with Crippen LogP contribution in [-0.4, -0.2) is 71.3 Å². The molecule has 56 heavy (non-hydrogen) atoms. The third-order valence-electron chi connectivity index (χ3n) is 12.0. The quantitative estimate of drug-likeness (QED) is 0.0348. The Hall–Kier alpha value is -0.0100. The van der Waals surface area contributed by atoms with Crippen LogP contribution in [0.3, 0.4) is 0 Å². The van der Waals surface area contributed by atoms with Crippen LogP contribution in [-0.2, 0) is 23.1 Å². The topological polar surface area (TPSA) is 77.1 Å². The first-order chi connectivity index (χ1) is 26.3. The van der Waals surface area contributed by atoms with Crippen molar-refractivity contribution in [3.63, 3.8) is 0 Å². The van der Waals surface area contributed by atoms with Gasteiger partial charge < -0.3 is 27.9 Å². The van der Waals surface area contributed by atoms with E-state index >= 15 is 0 Å². The summed E-state index contributed by atoms with van der Waals surface area (Å²) in [6.07, 6.45) is 25.4. The minimum atomic E-state index is -4.42. The molecule has 8 atom stereocenters. The molecule has 0 aromatic rings. The van der Waals surface area contributed by atoms with Gasteiger partial charge in [0.2, 0.25) is 0 Å². The third-order valence-corrected chi connectivity index (χ3v) is 12.9. The van der Waals surface area contributed by atoms with Gasteiger partial charge in [-0.1, -0.05) is 185 Å². The second kappa shape index (κ2) is 33.7. The van der Waals surface area contributed by atoms with Crippen LogP contribution in [0.25, 0.3) is 0 Å². The summed E-state index contributed by atoms with van der Waals surface area (Å²) < 4.78 is 35.9. The monoisotopic (exact) mass is 818 g/mol. The Bertz CT molecular complexity index is 926. The average molecular weight is 818 g/mol. The van der Waals surface area contributed by atoms with E-state index in [9.17, 15) is 9.46 Å². The second-order valence-corrected chi connectivity index (χ2v) is 22.2. The molecule has 0 N–H and O–H groups in total. The first-order valence-corrected chi connectivity index (χ1v) is 25.3. The molecular weight excluding hydrogens is 718 g/mol. The number of ether oxygens (including phenoxy) is 2. The first kappa shape index (κ1) is 56.0. The summed E-state index contributed by atoms with van der Waals surface area (Å²) in [5.74, 6) is 6.10. The highest BCUT2D eigenvalue weighted by Gasteiger charge is 2.19. The molecule has 0 spiro atoms. The Balaban J connectivity index is 4.55. The van der Waals surface area contributed by atoms with Crippen LogP contribution in [0.4, 0.5) is 0 Å². The van der Waals surface area contributed by atoms with Crippen molar-refractivity contribution < 1.29 is 32.5 Å². The summed E-state index contributed by atoms with van der Waals surface area (Å²) in [6.45, 7) is 25.8. The van der Waals surface area contributed by atoms with Crippen LogP contribution in [0.5, 0.6) is 0 Å². The molecule has 2 unspecified atom stereocenters. The molecule has 0 aromatic carbocycles. The van der Waals surface area contributed by atoms with E-state index in [1.807, 2.05) is 21.1 Å². The molecule has 338 valence electrons. The highest BCUT2D eigenvalue weighted by Crippen LogP contribution is 2.38. The molecule has 0 aromatic heterocycles. The molecule has 0 aliphatic carbocycles. The van der Waals surface area contributed by atoms with Gasteiger partial charge in [-0.15, -0.1) is 0 Å². The largest absolute Gasteiger partial charge is 0.756 e. The Morgan fingerprint density at radius 3 is 1.14 bits per heavy atom. The smallest absolute Gasteiger partial charge is 0.268 e. The fraction of sp³-hybridized carbons (Fsp3) is 1.00. The van der Waals surface area contributed by atoms with Gasteiger partial charge in [-0.3, -0.25) is 4.57 Å². The molecule has 0 aliphatic rings. The number of hydrogen-bond acceptors (Lipinski definition) is 6. The van der Waals surface area contributed by atoms with E-state index in [-0.39, 0.29) is 13.2 Å². The van der Waals surface area contributed by atoms with E-state index in [4.69, 9.17) is 18.5 Å². The van der Waals surface area contributed by atoms with Crippen molar-refractivity contribution in [3.8, 4) is 0 Å². The maximum atomic E-state index is 12.5. The summed E-state index contributed by atoms with van der Waals surface area (Å²) in [4.78, 5) is 12.5. The van der Waals surface area contributed by atoms with E-state index < -0.39 is 13.9 Å². The van der Waals surface area contributed by atoms with Gasteiger partial charge in [0.15, 0.2) is 0 Å². The molecule has 0 fully saturated rings. The molecule has 0 radical (unpaired) electrons. The summed E-state index contributed by atoms with van der Waals surface area (Å²) in [5, 5.41) is 0. The van der Waals surface area contributed by atoms with Gasteiger partial charge in [0.1, 0.15) is 19.3 Å². The number of hydrogen-bond donors (Lipinski definition) is 0. The molecule has 0 amide bonds. The molecule has 0 heterocycles. The molecule has 0 rings (SSSR count). The lowest BCUT2D eigenvalue weighted by Crippen LogP contribution is -2.37. The van der Waals surface area contributed by atoms with Crippen molar-refractivity contribution >= 4 is 7.82 Å². The number of phosphoric ester groups is 1. The maximum absolute atomic E-state index is 12.5. The SMILES string of the molecule is CC(C)CCC[C@@H](C)CCCC(C)CCC[C@@H](C)CCO[C@@H](COCC[C@H](C)CCC[C@H](C)CCC[C@H](C)CCCC(C)C)COP(=O)([O-])OCC[N+](C)(C)C. The lowest BCUT2D eigenvalue weighted by Gasteiger charge is -2.28. The maximum Gasteiger partial charge on any atom is 0.268 e. The van der Waals surface area contributed by atoms with E-state index in [1.54, 1.807) is 0 Å². The first-order valence-electron chi connectivity index (χ1n) is 23.9. The van der Waals surface area contributed by atoms with Crippen molar-refractivity contribution in [2.24, 2.45) is 47.3 Å². The number of quaternary nitrogens is 1. The average Bonchev–Trinajstić information content (AvgIpc) is 3.07. The van der Waals surface area contributed by atoms with E-state index in [1.165, 1.54) is 116 Å². The van der Waals surface area contributed by atoms with E-state index in [0.717, 1.165) is 48.3 Å². The van der Waals surface area contributed by atoms with E-state index in [0.29, 0.717) is 42.7 Å². The minimum Gasteiger partial charge on any atom is -0.756 e. The number of likely N-dealkylation sites (N-methyl/N-ethyl adjacent to an activating group) is 1. The van der Waals surface area contributed by atoms with Crippen molar-refractivity contribution in [2.75, 3.05) is 60.7 Å². The second-order valence-electron chi connectivity index (χ2n) is 20.7. The number of phosphoric acid groups is 1. The summed E-state index contributed by atoms with van der Waals surface area (Å²) in [7, 11) is 1.58. The van der Waals surface area contributed by atoms with Crippen molar-refractivity contribution in [1.29, 1.82) is 0 Å². The van der Waals surface area contributed by atoms with Crippen molar-refractivity contribution in [3.05, 3.63) is 0 Å². The zero-order chi connectivity index (χ0) is 42.4. The molecule has 8 heteroatoms. The highest BCUT2D eigenvalue weighted by atomic mass is 31.2. The summed E-state index contributed by atoms with van der Waals surface area (Å²) in [6, 6.07) is 0. The van der Waals surface area contributed by atoms with Crippen LogP contribution >= 0.6 is 7.82 Å². The predicted octanol–water partition coefficient (Wildman–Crippen LogP) is 13.5. The molecule has 7 nitrogen and oxygen atoms in total. The van der Waals surface area contributed by atoms with Gasteiger partial charge in [0.25, 0.3) is 7.82 Å². The number of nitrogens with zero attached hydrogens (tertiary/aromatic N) is 1. The van der Waals surface area contributed by atoms with Crippen LogP contribution in [0.1, 0.15) is 198 Å². The van der Waals surface area contributed by atoms with Crippen LogP contribution < -0.4 is 4.89 Å². The Morgan fingerprint density at radius 1 is 0.446 bits per heavy atom. The molecule has 0 bridgehead atoms. The van der Waals surface area contributed by atoms with Gasteiger partial charge >= 0.3 is 0 Å². The van der Waals surface area contributed by atoms with Gasteiger partial charge in [-0.05, 0) is 60.2 Å². The molecule has 0 aliphatic heterocycles. The minimum absolute atomic E-state index is 0.0858. The molecule has 0 saturated carbocycles. The van der Waals surface area contributed by atoms with Crippen molar-refractivity contribution in [2.45, 2.75) is 204 Å². The van der Waals surface area contributed by atoms with E-state index in [2.05, 4.69) is 69.2 Å². The highest BCUT2D eigenvalue weighted by molar-refractivity contribution is 7.45. The van der Waals surface area contributed by atoms with Gasteiger partial charge in [0.05, 0.1) is 34.4 Å². The van der Waals surface area contributed by atoms with Gasteiger partial charge in [-0.2, -0.15) is 0 Å². The molecule has 0 saturated heterocycles. The Morgan fingerprint density at radius 2 is 0.786 bits per heavy atom.